The number of piperazine rings is 1. The molecule has 1 heterocycles. The summed E-state index contributed by atoms with van der Waals surface area (Å²) in [6, 6.07) is 4.29. The molecule has 1 aliphatic rings. The Hall–Kier alpha value is -1.04. The SMILES string of the molecule is CCNC(CCN1CCN(C)CC1)c1cccc(F)c1F. The van der Waals surface area contributed by atoms with Crippen molar-refractivity contribution in [2.24, 2.45) is 0 Å². The van der Waals surface area contributed by atoms with E-state index < -0.39 is 11.6 Å². The van der Waals surface area contributed by atoms with E-state index in [1.165, 1.54) is 6.07 Å². The summed E-state index contributed by atoms with van der Waals surface area (Å²) in [5.41, 5.74) is 0.436. The number of likely N-dealkylation sites (N-methyl/N-ethyl adjacent to an activating group) is 1. The second-order valence-corrected chi connectivity index (χ2v) is 5.69. The predicted molar refractivity (Wildman–Crippen MR) is 81.3 cm³/mol. The van der Waals surface area contributed by atoms with E-state index in [1.54, 1.807) is 12.1 Å². The third-order valence-electron chi connectivity index (χ3n) is 4.14. The van der Waals surface area contributed by atoms with Crippen molar-refractivity contribution in [2.45, 2.75) is 19.4 Å². The fourth-order valence-electron chi connectivity index (χ4n) is 2.79. The van der Waals surface area contributed by atoms with Gasteiger partial charge in [-0.15, -0.1) is 0 Å². The summed E-state index contributed by atoms with van der Waals surface area (Å²) >= 11 is 0. The quantitative estimate of drug-likeness (QED) is 0.869. The minimum atomic E-state index is -0.769. The van der Waals surface area contributed by atoms with E-state index in [0.29, 0.717) is 5.56 Å². The first kappa shape index (κ1) is 16.3. The van der Waals surface area contributed by atoms with Crippen LogP contribution in [0.25, 0.3) is 0 Å². The molecule has 1 atom stereocenters. The summed E-state index contributed by atoms with van der Waals surface area (Å²) in [7, 11) is 2.13. The van der Waals surface area contributed by atoms with E-state index in [-0.39, 0.29) is 6.04 Å². The van der Waals surface area contributed by atoms with Crippen molar-refractivity contribution in [1.29, 1.82) is 0 Å². The van der Waals surface area contributed by atoms with Gasteiger partial charge in [-0.25, -0.2) is 8.78 Å². The van der Waals surface area contributed by atoms with Crippen LogP contribution < -0.4 is 5.32 Å². The third-order valence-corrected chi connectivity index (χ3v) is 4.14. The molecular weight excluding hydrogens is 272 g/mol. The smallest absolute Gasteiger partial charge is 0.163 e. The maximum absolute atomic E-state index is 14.0. The van der Waals surface area contributed by atoms with Crippen LogP contribution in [0, 0.1) is 11.6 Å². The van der Waals surface area contributed by atoms with Crippen molar-refractivity contribution in [3.8, 4) is 0 Å². The average Bonchev–Trinajstić information content (AvgIpc) is 2.48. The zero-order valence-corrected chi connectivity index (χ0v) is 12.9. The Morgan fingerprint density at radius 3 is 2.57 bits per heavy atom. The highest BCUT2D eigenvalue weighted by molar-refractivity contribution is 5.22. The highest BCUT2D eigenvalue weighted by Gasteiger charge is 2.20. The summed E-state index contributed by atoms with van der Waals surface area (Å²) < 4.78 is 27.4. The lowest BCUT2D eigenvalue weighted by Crippen LogP contribution is -2.45. The molecule has 21 heavy (non-hydrogen) atoms. The Kier molecular flexibility index (Phi) is 6.08. The Balaban J connectivity index is 1.97. The van der Waals surface area contributed by atoms with Crippen molar-refractivity contribution in [3.63, 3.8) is 0 Å². The summed E-state index contributed by atoms with van der Waals surface area (Å²) in [6.45, 7) is 7.85. The van der Waals surface area contributed by atoms with Gasteiger partial charge in [0.25, 0.3) is 0 Å². The maximum Gasteiger partial charge on any atom is 0.163 e. The highest BCUT2D eigenvalue weighted by atomic mass is 19.2. The van der Waals surface area contributed by atoms with E-state index in [0.717, 1.165) is 45.7 Å². The fourth-order valence-corrected chi connectivity index (χ4v) is 2.79. The van der Waals surface area contributed by atoms with Gasteiger partial charge < -0.3 is 15.1 Å². The number of halogens is 2. The molecular formula is C16H25F2N3. The van der Waals surface area contributed by atoms with Crippen LogP contribution in [0.3, 0.4) is 0 Å². The first-order chi connectivity index (χ1) is 10.1. The van der Waals surface area contributed by atoms with Crippen molar-refractivity contribution < 1.29 is 8.78 Å². The molecule has 0 bridgehead atoms. The van der Waals surface area contributed by atoms with Crippen LogP contribution in [-0.2, 0) is 0 Å². The minimum Gasteiger partial charge on any atom is -0.310 e. The second-order valence-electron chi connectivity index (χ2n) is 5.69. The number of nitrogens with zero attached hydrogens (tertiary/aromatic N) is 2. The Morgan fingerprint density at radius 1 is 1.19 bits per heavy atom. The third kappa shape index (κ3) is 4.46. The molecule has 0 radical (unpaired) electrons. The van der Waals surface area contributed by atoms with Crippen LogP contribution in [0.4, 0.5) is 8.78 Å². The molecule has 1 aromatic rings. The van der Waals surface area contributed by atoms with Gasteiger partial charge in [-0.3, -0.25) is 0 Å². The maximum atomic E-state index is 14.0. The van der Waals surface area contributed by atoms with Crippen molar-refractivity contribution >= 4 is 0 Å². The predicted octanol–water partition coefficient (Wildman–Crippen LogP) is 2.25. The Morgan fingerprint density at radius 2 is 1.90 bits per heavy atom. The number of hydrogen-bond donors (Lipinski definition) is 1. The molecule has 0 aromatic heterocycles. The van der Waals surface area contributed by atoms with Crippen molar-refractivity contribution in [1.82, 2.24) is 15.1 Å². The molecule has 1 unspecified atom stereocenters. The van der Waals surface area contributed by atoms with Gasteiger partial charge in [-0.2, -0.15) is 0 Å². The van der Waals surface area contributed by atoms with Gasteiger partial charge in [0, 0.05) is 44.3 Å². The number of benzene rings is 1. The second kappa shape index (κ2) is 7.82. The molecule has 118 valence electrons. The molecule has 2 rings (SSSR count). The summed E-state index contributed by atoms with van der Waals surface area (Å²) in [5, 5.41) is 3.27. The topological polar surface area (TPSA) is 18.5 Å². The van der Waals surface area contributed by atoms with E-state index >= 15 is 0 Å². The molecule has 1 aromatic carbocycles. The van der Waals surface area contributed by atoms with Gasteiger partial charge in [-0.1, -0.05) is 19.1 Å². The van der Waals surface area contributed by atoms with Crippen molar-refractivity contribution in [2.75, 3.05) is 46.3 Å². The molecule has 0 amide bonds. The fraction of sp³-hybridized carbons (Fsp3) is 0.625. The average molecular weight is 297 g/mol. The largest absolute Gasteiger partial charge is 0.310 e. The summed E-state index contributed by atoms with van der Waals surface area (Å²) in [6.07, 6.45) is 0.790. The standard InChI is InChI=1S/C16H25F2N3/c1-3-19-15(13-5-4-6-14(17)16(13)18)7-8-21-11-9-20(2)10-12-21/h4-6,15,19H,3,7-12H2,1-2H3. The zero-order valence-electron chi connectivity index (χ0n) is 12.9. The van der Waals surface area contributed by atoms with Crippen LogP contribution in [0.5, 0.6) is 0 Å². The van der Waals surface area contributed by atoms with E-state index in [4.69, 9.17) is 0 Å². The zero-order chi connectivity index (χ0) is 15.2. The lowest BCUT2D eigenvalue weighted by Gasteiger charge is -2.33. The number of rotatable bonds is 6. The molecule has 5 heteroatoms. The van der Waals surface area contributed by atoms with E-state index in [1.807, 2.05) is 6.92 Å². The molecule has 1 saturated heterocycles. The van der Waals surface area contributed by atoms with E-state index in [9.17, 15) is 8.78 Å². The van der Waals surface area contributed by atoms with Crippen LogP contribution in [0.15, 0.2) is 18.2 Å². The van der Waals surface area contributed by atoms with Gasteiger partial charge in [-0.05, 0) is 26.1 Å². The molecule has 1 fully saturated rings. The summed E-state index contributed by atoms with van der Waals surface area (Å²) in [4.78, 5) is 4.70. The first-order valence-electron chi connectivity index (χ1n) is 7.70. The van der Waals surface area contributed by atoms with Gasteiger partial charge in [0.15, 0.2) is 11.6 Å². The van der Waals surface area contributed by atoms with Crippen molar-refractivity contribution in [3.05, 3.63) is 35.4 Å². The number of hydrogen-bond acceptors (Lipinski definition) is 3. The van der Waals surface area contributed by atoms with Crippen LogP contribution in [0.2, 0.25) is 0 Å². The first-order valence-corrected chi connectivity index (χ1v) is 7.70. The van der Waals surface area contributed by atoms with Gasteiger partial charge in [0.1, 0.15) is 0 Å². The van der Waals surface area contributed by atoms with Crippen LogP contribution in [-0.4, -0.2) is 56.1 Å². The van der Waals surface area contributed by atoms with E-state index in [2.05, 4.69) is 22.2 Å². The molecule has 0 saturated carbocycles. The normalized spacial score (nSPS) is 18.9. The van der Waals surface area contributed by atoms with Crippen LogP contribution in [0.1, 0.15) is 24.9 Å². The van der Waals surface area contributed by atoms with Gasteiger partial charge >= 0.3 is 0 Å². The van der Waals surface area contributed by atoms with Gasteiger partial charge in [0.05, 0.1) is 0 Å². The molecule has 1 aliphatic heterocycles. The number of nitrogens with one attached hydrogen (secondary N) is 1. The highest BCUT2D eigenvalue weighted by Crippen LogP contribution is 2.22. The lowest BCUT2D eigenvalue weighted by molar-refractivity contribution is 0.148. The molecule has 0 aliphatic carbocycles. The Bertz CT molecular complexity index is 445. The Labute approximate surface area is 125 Å². The van der Waals surface area contributed by atoms with Crippen LogP contribution >= 0.6 is 0 Å². The summed E-state index contributed by atoms with van der Waals surface area (Å²) in [5.74, 6) is -1.49. The molecule has 0 spiro atoms. The minimum absolute atomic E-state index is 0.134. The van der Waals surface area contributed by atoms with Gasteiger partial charge in [0.2, 0.25) is 0 Å². The molecule has 3 nitrogen and oxygen atoms in total. The monoisotopic (exact) mass is 297 g/mol. The lowest BCUT2D eigenvalue weighted by atomic mass is 10.0. The molecule has 1 N–H and O–H groups in total.